The lowest BCUT2D eigenvalue weighted by atomic mass is 9.82. The van der Waals surface area contributed by atoms with Crippen molar-refractivity contribution in [1.82, 2.24) is 0 Å². The van der Waals surface area contributed by atoms with Gasteiger partial charge in [0.25, 0.3) is 0 Å². The van der Waals surface area contributed by atoms with Crippen molar-refractivity contribution in [3.63, 3.8) is 0 Å². The van der Waals surface area contributed by atoms with Crippen LogP contribution in [0.4, 0.5) is 0 Å². The molecule has 1 aliphatic rings. The zero-order valence-corrected chi connectivity index (χ0v) is 16.4. The van der Waals surface area contributed by atoms with E-state index in [-0.39, 0.29) is 18.1 Å². The van der Waals surface area contributed by atoms with Gasteiger partial charge in [0.1, 0.15) is 9.84 Å². The van der Waals surface area contributed by atoms with E-state index in [0.717, 1.165) is 25.2 Å². The summed E-state index contributed by atoms with van der Waals surface area (Å²) in [6.07, 6.45) is 7.15. The maximum absolute atomic E-state index is 12.2. The van der Waals surface area contributed by atoms with Crippen LogP contribution in [0, 0.1) is 5.92 Å². The standard InChI is InChI=1S/C17H26ClO4PS/c18-23(19,17-11-2-1-3-12-17)22-13-7-15-24(20,21)14-5-4-8-16-9-6-10-16/h1-3,11-12,16H,4-10,13-15H2. The normalized spacial score (nSPS) is 18.0. The molecule has 1 aromatic carbocycles. The lowest BCUT2D eigenvalue weighted by Gasteiger charge is -2.24. The summed E-state index contributed by atoms with van der Waals surface area (Å²) in [4.78, 5) is 0. The Morgan fingerprint density at radius 2 is 1.75 bits per heavy atom. The first-order valence-corrected chi connectivity index (χ1v) is 12.9. The van der Waals surface area contributed by atoms with Gasteiger partial charge in [-0.1, -0.05) is 50.3 Å². The van der Waals surface area contributed by atoms with Gasteiger partial charge >= 0.3 is 6.72 Å². The summed E-state index contributed by atoms with van der Waals surface area (Å²) in [5.74, 6) is 1.12. The van der Waals surface area contributed by atoms with E-state index in [0.29, 0.717) is 11.7 Å². The topological polar surface area (TPSA) is 60.4 Å². The lowest BCUT2D eigenvalue weighted by molar-refractivity contribution is 0.289. The monoisotopic (exact) mass is 392 g/mol. The first-order chi connectivity index (χ1) is 11.4. The van der Waals surface area contributed by atoms with Crippen molar-refractivity contribution in [3.05, 3.63) is 30.3 Å². The molecule has 136 valence electrons. The van der Waals surface area contributed by atoms with Crippen molar-refractivity contribution in [1.29, 1.82) is 0 Å². The fraction of sp³-hybridized carbons (Fsp3) is 0.647. The van der Waals surface area contributed by atoms with Gasteiger partial charge in [-0.2, -0.15) is 0 Å². The highest BCUT2D eigenvalue weighted by Gasteiger charge is 2.22. The van der Waals surface area contributed by atoms with Gasteiger partial charge in [0.2, 0.25) is 0 Å². The Kier molecular flexibility index (Phi) is 7.80. The molecule has 1 aromatic rings. The van der Waals surface area contributed by atoms with Crippen molar-refractivity contribution < 1.29 is 17.5 Å². The summed E-state index contributed by atoms with van der Waals surface area (Å²) in [7, 11) is -3.06. The van der Waals surface area contributed by atoms with E-state index in [1.807, 2.05) is 0 Å². The first kappa shape index (κ1) is 20.0. The Morgan fingerprint density at radius 1 is 1.08 bits per heavy atom. The van der Waals surface area contributed by atoms with Crippen LogP contribution in [-0.2, 0) is 18.9 Å². The predicted molar refractivity (Wildman–Crippen MR) is 100.0 cm³/mol. The van der Waals surface area contributed by atoms with Crippen LogP contribution < -0.4 is 5.30 Å². The Balaban J connectivity index is 1.62. The minimum Gasteiger partial charge on any atom is -0.314 e. The fourth-order valence-corrected chi connectivity index (χ4v) is 5.77. The largest absolute Gasteiger partial charge is 0.319 e. The van der Waals surface area contributed by atoms with Crippen LogP contribution in [0.2, 0.25) is 0 Å². The molecule has 2 rings (SSSR count). The van der Waals surface area contributed by atoms with Crippen LogP contribution in [0.15, 0.2) is 30.3 Å². The van der Waals surface area contributed by atoms with Gasteiger partial charge < -0.3 is 4.52 Å². The second-order valence-corrected chi connectivity index (χ2v) is 11.8. The average molecular weight is 393 g/mol. The van der Waals surface area contributed by atoms with Crippen molar-refractivity contribution in [2.75, 3.05) is 18.1 Å². The van der Waals surface area contributed by atoms with E-state index in [2.05, 4.69) is 0 Å². The zero-order valence-electron chi connectivity index (χ0n) is 13.9. The minimum absolute atomic E-state index is 0.0576. The average Bonchev–Trinajstić information content (AvgIpc) is 2.50. The van der Waals surface area contributed by atoms with Crippen LogP contribution in [-0.4, -0.2) is 26.5 Å². The number of hydrogen-bond donors (Lipinski definition) is 0. The van der Waals surface area contributed by atoms with Crippen molar-refractivity contribution in [2.45, 2.75) is 44.9 Å². The minimum atomic E-state index is -3.38. The molecule has 1 unspecified atom stereocenters. The highest BCUT2D eigenvalue weighted by Crippen LogP contribution is 2.51. The van der Waals surface area contributed by atoms with Gasteiger partial charge in [0, 0.05) is 0 Å². The number of hydrogen-bond acceptors (Lipinski definition) is 4. The molecule has 0 spiro atoms. The van der Waals surface area contributed by atoms with Gasteiger partial charge in [-0.3, -0.25) is 4.57 Å². The molecule has 0 heterocycles. The van der Waals surface area contributed by atoms with Crippen LogP contribution >= 0.6 is 18.0 Å². The third-order valence-electron chi connectivity index (χ3n) is 4.46. The van der Waals surface area contributed by atoms with E-state index in [1.54, 1.807) is 30.3 Å². The molecule has 24 heavy (non-hydrogen) atoms. The summed E-state index contributed by atoms with van der Waals surface area (Å²) < 4.78 is 41.5. The Morgan fingerprint density at radius 3 is 2.38 bits per heavy atom. The van der Waals surface area contributed by atoms with Gasteiger partial charge in [-0.25, -0.2) is 8.42 Å². The third kappa shape index (κ3) is 6.87. The molecule has 0 radical (unpaired) electrons. The molecule has 1 saturated carbocycles. The number of rotatable bonds is 11. The molecule has 1 aliphatic carbocycles. The smallest absolute Gasteiger partial charge is 0.314 e. The molecule has 0 saturated heterocycles. The molecule has 1 atom stereocenters. The SMILES string of the molecule is O=P(Cl)(OCCCS(=O)(=O)CCCCC1CCC1)c1ccccc1. The number of unbranched alkanes of at least 4 members (excludes halogenated alkanes) is 1. The first-order valence-electron chi connectivity index (χ1n) is 8.59. The molecular formula is C17H26ClO4PS. The molecule has 0 amide bonds. The maximum atomic E-state index is 12.2. The zero-order chi connectivity index (χ0) is 17.5. The summed E-state index contributed by atoms with van der Waals surface area (Å²) in [5, 5.41) is 0.436. The second kappa shape index (κ2) is 9.38. The van der Waals surface area contributed by atoms with E-state index < -0.39 is 16.6 Å². The third-order valence-corrected chi connectivity index (χ3v) is 8.59. The summed E-state index contributed by atoms with van der Waals surface area (Å²) in [5.41, 5.74) is 0. The number of benzene rings is 1. The van der Waals surface area contributed by atoms with Crippen LogP contribution in [0.25, 0.3) is 0 Å². The Hall–Kier alpha value is -0.350. The maximum Gasteiger partial charge on any atom is 0.319 e. The Bertz CT molecular complexity index is 644. The van der Waals surface area contributed by atoms with Gasteiger partial charge in [-0.15, -0.1) is 0 Å². The second-order valence-electron chi connectivity index (χ2n) is 6.45. The molecule has 7 heteroatoms. The van der Waals surface area contributed by atoms with E-state index in [1.165, 1.54) is 19.3 Å². The van der Waals surface area contributed by atoms with E-state index in [4.69, 9.17) is 15.8 Å². The molecule has 0 N–H and O–H groups in total. The van der Waals surface area contributed by atoms with Gasteiger partial charge in [-0.05, 0) is 42.1 Å². The van der Waals surface area contributed by atoms with Crippen molar-refractivity contribution in [2.24, 2.45) is 5.92 Å². The van der Waals surface area contributed by atoms with Crippen LogP contribution in [0.5, 0.6) is 0 Å². The highest BCUT2D eigenvalue weighted by atomic mass is 35.7. The van der Waals surface area contributed by atoms with Crippen molar-refractivity contribution in [3.8, 4) is 0 Å². The fourth-order valence-electron chi connectivity index (χ4n) is 2.78. The predicted octanol–water partition coefficient (Wildman–Crippen LogP) is 4.54. The van der Waals surface area contributed by atoms with Gasteiger partial charge in [0.05, 0.1) is 23.4 Å². The van der Waals surface area contributed by atoms with Crippen LogP contribution in [0.3, 0.4) is 0 Å². The lowest BCUT2D eigenvalue weighted by Crippen LogP contribution is -2.15. The number of sulfone groups is 1. The highest BCUT2D eigenvalue weighted by molar-refractivity contribution is 7.91. The van der Waals surface area contributed by atoms with Gasteiger partial charge in [0.15, 0.2) is 0 Å². The molecular weight excluding hydrogens is 367 g/mol. The Labute approximate surface area is 150 Å². The van der Waals surface area contributed by atoms with E-state index in [9.17, 15) is 13.0 Å². The molecule has 1 fully saturated rings. The molecule has 0 bridgehead atoms. The number of halogens is 1. The molecule has 4 nitrogen and oxygen atoms in total. The molecule has 0 aliphatic heterocycles. The summed E-state index contributed by atoms with van der Waals surface area (Å²) in [6.45, 7) is -3.30. The van der Waals surface area contributed by atoms with Crippen molar-refractivity contribution >= 4 is 33.1 Å². The quantitative estimate of drug-likeness (QED) is 0.410. The summed E-state index contributed by atoms with van der Waals surface area (Å²) >= 11 is 5.95. The summed E-state index contributed by atoms with van der Waals surface area (Å²) in [6, 6.07) is 8.57. The van der Waals surface area contributed by atoms with E-state index >= 15 is 0 Å². The van der Waals surface area contributed by atoms with Crippen LogP contribution in [0.1, 0.15) is 44.9 Å². The molecule has 0 aromatic heterocycles.